The highest BCUT2D eigenvalue weighted by molar-refractivity contribution is 6.42. The van der Waals surface area contributed by atoms with Crippen molar-refractivity contribution >= 4 is 29.6 Å². The number of likely N-dealkylation sites (tertiary alicyclic amines) is 1. The van der Waals surface area contributed by atoms with Crippen molar-refractivity contribution in [2.75, 3.05) is 26.2 Å². The molecule has 0 bridgehead atoms. The first kappa shape index (κ1) is 21.1. The van der Waals surface area contributed by atoms with Gasteiger partial charge < -0.3 is 15.3 Å². The first-order chi connectivity index (χ1) is 11.5. The van der Waals surface area contributed by atoms with Crippen LogP contribution in [0.2, 0.25) is 10.0 Å². The highest BCUT2D eigenvalue weighted by Crippen LogP contribution is 2.32. The van der Waals surface area contributed by atoms with Gasteiger partial charge in [0.1, 0.15) is 5.75 Å². The topological polar surface area (TPSA) is 52.6 Å². The lowest BCUT2D eigenvalue weighted by Gasteiger charge is -2.29. The van der Waals surface area contributed by atoms with Crippen molar-refractivity contribution in [3.63, 3.8) is 0 Å². The molecular formula is C18H28Cl2N2O2. The summed E-state index contributed by atoms with van der Waals surface area (Å²) in [6.07, 6.45) is 4.83. The summed E-state index contributed by atoms with van der Waals surface area (Å²) in [5.41, 5.74) is 0.828. The quantitative estimate of drug-likeness (QED) is 0.581. The normalized spacial score (nSPS) is 14.9. The third-order valence-corrected chi connectivity index (χ3v) is 4.83. The Balaban J connectivity index is 0.000000413. The van der Waals surface area contributed by atoms with Crippen molar-refractivity contribution in [1.29, 1.82) is 0 Å². The SMILES string of the molecule is CCCNCC.O=CN1CCC(Cc2cc(Cl)c(Cl)cc2O)CC1. The van der Waals surface area contributed by atoms with Crippen LogP contribution in [0.25, 0.3) is 0 Å². The number of rotatable bonds is 6. The van der Waals surface area contributed by atoms with Gasteiger partial charge in [-0.1, -0.05) is 37.0 Å². The summed E-state index contributed by atoms with van der Waals surface area (Å²) >= 11 is 11.8. The largest absolute Gasteiger partial charge is 0.508 e. The number of carbonyl (C=O) groups excluding carboxylic acids is 1. The Hall–Kier alpha value is -0.970. The van der Waals surface area contributed by atoms with Gasteiger partial charge in [0.05, 0.1) is 10.0 Å². The first-order valence-corrected chi connectivity index (χ1v) is 9.34. The van der Waals surface area contributed by atoms with Gasteiger partial charge in [-0.15, -0.1) is 0 Å². The molecule has 0 unspecified atom stereocenters. The molecule has 2 rings (SSSR count). The fourth-order valence-corrected chi connectivity index (χ4v) is 3.01. The van der Waals surface area contributed by atoms with Crippen LogP contribution in [-0.2, 0) is 11.2 Å². The number of halogens is 2. The fraction of sp³-hybridized carbons (Fsp3) is 0.611. The summed E-state index contributed by atoms with van der Waals surface area (Å²) in [6.45, 7) is 8.13. The molecule has 1 aromatic carbocycles. The van der Waals surface area contributed by atoms with Gasteiger partial charge in [-0.2, -0.15) is 0 Å². The molecule has 0 aromatic heterocycles. The minimum atomic E-state index is 0.196. The Morgan fingerprint density at radius 3 is 2.38 bits per heavy atom. The van der Waals surface area contributed by atoms with Gasteiger partial charge in [0, 0.05) is 19.2 Å². The van der Waals surface area contributed by atoms with Gasteiger partial charge in [0.25, 0.3) is 0 Å². The fourth-order valence-electron chi connectivity index (χ4n) is 2.67. The molecule has 1 aliphatic rings. The number of phenols is 1. The van der Waals surface area contributed by atoms with Gasteiger partial charge in [0.2, 0.25) is 6.41 Å². The Kier molecular flexibility index (Phi) is 10.2. The lowest BCUT2D eigenvalue weighted by Crippen LogP contribution is -2.33. The van der Waals surface area contributed by atoms with Crippen molar-refractivity contribution in [3.05, 3.63) is 27.7 Å². The number of aromatic hydroxyl groups is 1. The molecule has 1 aromatic rings. The molecule has 0 saturated carbocycles. The summed E-state index contributed by atoms with van der Waals surface area (Å²) in [6, 6.07) is 3.21. The van der Waals surface area contributed by atoms with Crippen LogP contribution in [0.5, 0.6) is 5.75 Å². The maximum absolute atomic E-state index is 10.6. The maximum Gasteiger partial charge on any atom is 0.209 e. The Bertz CT molecular complexity index is 500. The standard InChI is InChI=1S/C13H15Cl2NO2.C5H13N/c14-11-6-10(13(18)7-12(11)15)5-9-1-3-16(8-17)4-2-9;1-3-5-6-4-2/h6-9,18H,1-5H2;6H,3-5H2,1-2H3. The van der Waals surface area contributed by atoms with E-state index in [-0.39, 0.29) is 5.75 Å². The molecule has 136 valence electrons. The van der Waals surface area contributed by atoms with Crippen LogP contribution < -0.4 is 5.32 Å². The van der Waals surface area contributed by atoms with Gasteiger partial charge >= 0.3 is 0 Å². The number of piperidine rings is 1. The van der Waals surface area contributed by atoms with E-state index in [0.717, 1.165) is 57.4 Å². The zero-order valence-corrected chi connectivity index (χ0v) is 16.0. The van der Waals surface area contributed by atoms with E-state index >= 15 is 0 Å². The van der Waals surface area contributed by atoms with Gasteiger partial charge in [-0.3, -0.25) is 4.79 Å². The van der Waals surface area contributed by atoms with Crippen LogP contribution in [0.4, 0.5) is 0 Å². The van der Waals surface area contributed by atoms with E-state index in [1.165, 1.54) is 12.5 Å². The van der Waals surface area contributed by atoms with Gasteiger partial charge in [-0.05, 0) is 56.3 Å². The van der Waals surface area contributed by atoms with Crippen molar-refractivity contribution in [3.8, 4) is 5.75 Å². The summed E-state index contributed by atoms with van der Waals surface area (Å²) in [4.78, 5) is 12.4. The lowest BCUT2D eigenvalue weighted by atomic mass is 9.90. The summed E-state index contributed by atoms with van der Waals surface area (Å²) in [7, 11) is 0. The number of benzene rings is 1. The molecule has 0 spiro atoms. The number of phenolic OH excluding ortho intramolecular Hbond substituents is 1. The molecule has 1 heterocycles. The van der Waals surface area contributed by atoms with E-state index in [4.69, 9.17) is 23.2 Å². The van der Waals surface area contributed by atoms with Crippen LogP contribution >= 0.6 is 23.2 Å². The average Bonchev–Trinajstić information content (AvgIpc) is 2.59. The smallest absolute Gasteiger partial charge is 0.209 e. The predicted molar refractivity (Wildman–Crippen MR) is 101 cm³/mol. The Morgan fingerprint density at radius 2 is 1.88 bits per heavy atom. The van der Waals surface area contributed by atoms with Crippen molar-refractivity contribution < 1.29 is 9.90 Å². The number of nitrogens with zero attached hydrogens (tertiary/aromatic N) is 1. The van der Waals surface area contributed by atoms with Crippen LogP contribution in [0.3, 0.4) is 0 Å². The second-order valence-electron chi connectivity index (χ2n) is 6.04. The highest BCUT2D eigenvalue weighted by Gasteiger charge is 2.20. The number of hydrogen-bond acceptors (Lipinski definition) is 3. The molecule has 0 atom stereocenters. The lowest BCUT2D eigenvalue weighted by molar-refractivity contribution is -0.119. The number of nitrogens with one attached hydrogen (secondary N) is 1. The number of amides is 1. The van der Waals surface area contributed by atoms with E-state index in [0.29, 0.717) is 16.0 Å². The molecule has 0 radical (unpaired) electrons. The maximum atomic E-state index is 10.6. The van der Waals surface area contributed by atoms with E-state index in [2.05, 4.69) is 19.2 Å². The second-order valence-corrected chi connectivity index (χ2v) is 6.85. The van der Waals surface area contributed by atoms with Crippen LogP contribution in [0, 0.1) is 5.92 Å². The van der Waals surface area contributed by atoms with Crippen LogP contribution in [-0.4, -0.2) is 42.6 Å². The highest BCUT2D eigenvalue weighted by atomic mass is 35.5. The van der Waals surface area contributed by atoms with E-state index in [1.54, 1.807) is 11.0 Å². The third kappa shape index (κ3) is 7.29. The predicted octanol–water partition coefficient (Wildman–Crippen LogP) is 4.12. The minimum Gasteiger partial charge on any atom is -0.508 e. The summed E-state index contributed by atoms with van der Waals surface area (Å²) < 4.78 is 0. The molecule has 1 amide bonds. The molecular weight excluding hydrogens is 347 g/mol. The van der Waals surface area contributed by atoms with E-state index in [1.807, 2.05) is 0 Å². The molecule has 1 saturated heterocycles. The minimum absolute atomic E-state index is 0.196. The van der Waals surface area contributed by atoms with Gasteiger partial charge in [0.15, 0.2) is 0 Å². The number of hydrogen-bond donors (Lipinski definition) is 2. The van der Waals surface area contributed by atoms with Crippen molar-refractivity contribution in [2.24, 2.45) is 5.92 Å². The molecule has 4 nitrogen and oxygen atoms in total. The zero-order valence-electron chi connectivity index (χ0n) is 14.5. The Labute approximate surface area is 155 Å². The number of carbonyl (C=O) groups is 1. The molecule has 2 N–H and O–H groups in total. The van der Waals surface area contributed by atoms with Crippen LogP contribution in [0.15, 0.2) is 12.1 Å². The van der Waals surface area contributed by atoms with Crippen molar-refractivity contribution in [1.82, 2.24) is 10.2 Å². The average molecular weight is 375 g/mol. The van der Waals surface area contributed by atoms with Crippen molar-refractivity contribution in [2.45, 2.75) is 39.5 Å². The molecule has 0 aliphatic carbocycles. The first-order valence-electron chi connectivity index (χ1n) is 8.58. The molecule has 1 fully saturated rings. The Morgan fingerprint density at radius 1 is 1.25 bits per heavy atom. The molecule has 1 aliphatic heterocycles. The van der Waals surface area contributed by atoms with E-state index < -0.39 is 0 Å². The second kappa shape index (κ2) is 11.6. The zero-order chi connectivity index (χ0) is 17.9. The summed E-state index contributed by atoms with van der Waals surface area (Å²) in [5, 5.41) is 13.9. The van der Waals surface area contributed by atoms with Gasteiger partial charge in [-0.25, -0.2) is 0 Å². The van der Waals surface area contributed by atoms with Crippen LogP contribution in [0.1, 0.15) is 38.7 Å². The molecule has 6 heteroatoms. The summed E-state index contributed by atoms with van der Waals surface area (Å²) in [5.74, 6) is 0.673. The monoisotopic (exact) mass is 374 g/mol. The third-order valence-electron chi connectivity index (χ3n) is 4.11. The van der Waals surface area contributed by atoms with E-state index in [9.17, 15) is 9.90 Å². The molecule has 24 heavy (non-hydrogen) atoms.